The minimum absolute atomic E-state index is 0.264. The van der Waals surface area contributed by atoms with Gasteiger partial charge < -0.3 is 20.1 Å². The molecule has 0 spiro atoms. The van der Waals surface area contributed by atoms with Crippen molar-refractivity contribution in [3.8, 4) is 0 Å². The number of carbonyl (C=O) groups is 2. The average Bonchev–Trinajstić information content (AvgIpc) is 2.86. The summed E-state index contributed by atoms with van der Waals surface area (Å²) < 4.78 is 5.06. The van der Waals surface area contributed by atoms with E-state index in [1.54, 1.807) is 20.8 Å². The average molecular weight is 344 g/mol. The standard InChI is InChI=1S/C19H24N2O4/c1-11-5-7-15(8-6-11)9-20-16(23)10-25-19(24)18-12(2)17(14(4)22)13(3)21-18/h5-8,14,21-22H,9-10H2,1-4H3,(H,20,23)/t14-/m1/s1. The van der Waals surface area contributed by atoms with Crippen molar-refractivity contribution in [2.24, 2.45) is 0 Å². The predicted molar refractivity (Wildman–Crippen MR) is 94.2 cm³/mol. The molecule has 1 amide bonds. The monoisotopic (exact) mass is 344 g/mol. The Labute approximate surface area is 147 Å². The third kappa shape index (κ3) is 4.70. The molecule has 0 saturated carbocycles. The maximum absolute atomic E-state index is 12.2. The number of carbonyl (C=O) groups excluding carboxylic acids is 2. The largest absolute Gasteiger partial charge is 0.451 e. The Morgan fingerprint density at radius 1 is 1.20 bits per heavy atom. The molecule has 134 valence electrons. The summed E-state index contributed by atoms with van der Waals surface area (Å²) in [6, 6.07) is 7.81. The maximum Gasteiger partial charge on any atom is 0.355 e. The van der Waals surface area contributed by atoms with Gasteiger partial charge in [0.1, 0.15) is 5.69 Å². The molecule has 2 rings (SSSR count). The quantitative estimate of drug-likeness (QED) is 0.702. The van der Waals surface area contributed by atoms with E-state index in [1.165, 1.54) is 0 Å². The van der Waals surface area contributed by atoms with Crippen LogP contribution < -0.4 is 5.32 Å². The smallest absolute Gasteiger partial charge is 0.355 e. The van der Waals surface area contributed by atoms with Crippen molar-refractivity contribution in [2.45, 2.75) is 40.3 Å². The number of nitrogens with one attached hydrogen (secondary N) is 2. The van der Waals surface area contributed by atoms with Gasteiger partial charge in [0.15, 0.2) is 6.61 Å². The molecule has 1 aromatic heterocycles. The minimum Gasteiger partial charge on any atom is -0.451 e. The van der Waals surface area contributed by atoms with Gasteiger partial charge >= 0.3 is 5.97 Å². The van der Waals surface area contributed by atoms with Crippen molar-refractivity contribution in [2.75, 3.05) is 6.61 Å². The molecule has 0 unspecified atom stereocenters. The van der Waals surface area contributed by atoms with E-state index in [9.17, 15) is 14.7 Å². The van der Waals surface area contributed by atoms with Crippen LogP contribution in [0.5, 0.6) is 0 Å². The summed E-state index contributed by atoms with van der Waals surface area (Å²) in [6.07, 6.45) is -0.685. The van der Waals surface area contributed by atoms with Crippen molar-refractivity contribution in [1.29, 1.82) is 0 Å². The Balaban J connectivity index is 1.88. The fraction of sp³-hybridized carbons (Fsp3) is 0.368. The molecule has 6 heteroatoms. The van der Waals surface area contributed by atoms with E-state index < -0.39 is 12.1 Å². The number of aryl methyl sites for hydroxylation is 2. The molecular formula is C19H24N2O4. The Kier molecular flexibility index (Phi) is 5.98. The van der Waals surface area contributed by atoms with Crippen molar-refractivity contribution in [3.63, 3.8) is 0 Å². The first-order valence-corrected chi connectivity index (χ1v) is 8.16. The van der Waals surface area contributed by atoms with Crippen LogP contribution in [0.1, 0.15) is 51.5 Å². The second-order valence-electron chi connectivity index (χ2n) is 6.18. The number of hydrogen-bond donors (Lipinski definition) is 3. The first kappa shape index (κ1) is 18.7. The van der Waals surface area contributed by atoms with Gasteiger partial charge in [-0.15, -0.1) is 0 Å². The van der Waals surface area contributed by atoms with Gasteiger partial charge in [-0.25, -0.2) is 4.79 Å². The number of benzene rings is 1. The summed E-state index contributed by atoms with van der Waals surface area (Å²) in [6.45, 7) is 7.17. The minimum atomic E-state index is -0.685. The summed E-state index contributed by atoms with van der Waals surface area (Å²) in [5.74, 6) is -0.983. The van der Waals surface area contributed by atoms with E-state index in [4.69, 9.17) is 4.74 Å². The van der Waals surface area contributed by atoms with Gasteiger partial charge in [0, 0.05) is 17.8 Å². The number of aromatic nitrogens is 1. The second kappa shape index (κ2) is 7.98. The van der Waals surface area contributed by atoms with Gasteiger partial charge in [-0.2, -0.15) is 0 Å². The SMILES string of the molecule is Cc1ccc(CNC(=O)COC(=O)c2[nH]c(C)c([C@@H](C)O)c2C)cc1. The van der Waals surface area contributed by atoms with Crippen molar-refractivity contribution in [3.05, 3.63) is 57.9 Å². The highest BCUT2D eigenvalue weighted by molar-refractivity contribution is 5.91. The van der Waals surface area contributed by atoms with Crippen LogP contribution in [-0.2, 0) is 16.1 Å². The number of amides is 1. The van der Waals surface area contributed by atoms with Gasteiger partial charge in [0.05, 0.1) is 6.10 Å². The highest BCUT2D eigenvalue weighted by Crippen LogP contribution is 2.24. The number of aromatic amines is 1. The van der Waals surface area contributed by atoms with Gasteiger partial charge in [-0.1, -0.05) is 29.8 Å². The molecule has 1 atom stereocenters. The molecule has 0 fully saturated rings. The summed E-state index contributed by atoms with van der Waals surface area (Å²) in [7, 11) is 0. The number of H-pyrrole nitrogens is 1. The lowest BCUT2D eigenvalue weighted by atomic mass is 10.1. The van der Waals surface area contributed by atoms with Crippen molar-refractivity contribution >= 4 is 11.9 Å². The molecule has 1 heterocycles. The number of aliphatic hydroxyl groups excluding tert-OH is 1. The molecule has 0 aliphatic carbocycles. The second-order valence-corrected chi connectivity index (χ2v) is 6.18. The third-order valence-corrected chi connectivity index (χ3v) is 4.06. The molecule has 1 aromatic carbocycles. The Morgan fingerprint density at radius 2 is 1.84 bits per heavy atom. The van der Waals surface area contributed by atoms with Crippen molar-refractivity contribution < 1.29 is 19.4 Å². The lowest BCUT2D eigenvalue weighted by Gasteiger charge is -2.07. The van der Waals surface area contributed by atoms with Crippen LogP contribution in [0.25, 0.3) is 0 Å². The van der Waals surface area contributed by atoms with Crippen molar-refractivity contribution in [1.82, 2.24) is 10.3 Å². The summed E-state index contributed by atoms with van der Waals surface area (Å²) in [5.41, 5.74) is 4.41. The topological polar surface area (TPSA) is 91.4 Å². The van der Waals surface area contributed by atoms with Gasteiger partial charge in [-0.3, -0.25) is 4.79 Å². The first-order valence-electron chi connectivity index (χ1n) is 8.16. The number of hydrogen-bond acceptors (Lipinski definition) is 4. The molecule has 25 heavy (non-hydrogen) atoms. The summed E-state index contributed by atoms with van der Waals surface area (Å²) >= 11 is 0. The van der Waals surface area contributed by atoms with E-state index in [0.717, 1.165) is 11.1 Å². The van der Waals surface area contributed by atoms with E-state index >= 15 is 0 Å². The van der Waals surface area contributed by atoms with Crippen LogP contribution in [0, 0.1) is 20.8 Å². The molecule has 2 aromatic rings. The van der Waals surface area contributed by atoms with Crippen LogP contribution in [0.3, 0.4) is 0 Å². The number of rotatable bonds is 6. The molecule has 0 radical (unpaired) electrons. The molecule has 0 bridgehead atoms. The highest BCUT2D eigenvalue weighted by Gasteiger charge is 2.21. The van der Waals surface area contributed by atoms with Gasteiger partial charge in [0.2, 0.25) is 0 Å². The highest BCUT2D eigenvalue weighted by atomic mass is 16.5. The number of esters is 1. The Bertz CT molecular complexity index is 760. The van der Waals surface area contributed by atoms with Gasteiger partial charge in [0.25, 0.3) is 5.91 Å². The zero-order valence-electron chi connectivity index (χ0n) is 15.0. The Hall–Kier alpha value is -2.60. The van der Waals surface area contributed by atoms with Crippen LogP contribution in [-0.4, -0.2) is 28.6 Å². The molecule has 3 N–H and O–H groups in total. The maximum atomic E-state index is 12.2. The lowest BCUT2D eigenvalue weighted by Crippen LogP contribution is -2.28. The van der Waals surface area contributed by atoms with E-state index in [-0.39, 0.29) is 18.2 Å². The van der Waals surface area contributed by atoms with Crippen LogP contribution in [0.15, 0.2) is 24.3 Å². The molecule has 0 aliphatic rings. The fourth-order valence-corrected chi connectivity index (χ4v) is 2.76. The zero-order chi connectivity index (χ0) is 18.6. The molecule has 0 saturated heterocycles. The van der Waals surface area contributed by atoms with E-state index in [0.29, 0.717) is 23.4 Å². The summed E-state index contributed by atoms with van der Waals surface area (Å²) in [5, 5.41) is 12.5. The number of aliphatic hydroxyl groups is 1. The van der Waals surface area contributed by atoms with Crippen LogP contribution in [0.2, 0.25) is 0 Å². The Morgan fingerprint density at radius 3 is 2.40 bits per heavy atom. The molecule has 6 nitrogen and oxygen atoms in total. The predicted octanol–water partition coefficient (Wildman–Crippen LogP) is 2.47. The van der Waals surface area contributed by atoms with Crippen LogP contribution >= 0.6 is 0 Å². The summed E-state index contributed by atoms with van der Waals surface area (Å²) in [4.78, 5) is 26.9. The molecule has 0 aliphatic heterocycles. The number of ether oxygens (including phenoxy) is 1. The third-order valence-electron chi connectivity index (χ3n) is 4.06. The van der Waals surface area contributed by atoms with Crippen LogP contribution in [0.4, 0.5) is 0 Å². The van der Waals surface area contributed by atoms with E-state index in [1.807, 2.05) is 31.2 Å². The van der Waals surface area contributed by atoms with Gasteiger partial charge in [-0.05, 0) is 38.8 Å². The fourth-order valence-electron chi connectivity index (χ4n) is 2.76. The zero-order valence-corrected chi connectivity index (χ0v) is 15.0. The lowest BCUT2D eigenvalue weighted by molar-refractivity contribution is -0.124. The molecular weight excluding hydrogens is 320 g/mol. The normalized spacial score (nSPS) is 11.9. The first-order chi connectivity index (χ1) is 11.8. The van der Waals surface area contributed by atoms with E-state index in [2.05, 4.69) is 10.3 Å².